The summed E-state index contributed by atoms with van der Waals surface area (Å²) in [6.45, 7) is 10.4. The maximum absolute atomic E-state index is 12.6. The van der Waals surface area contributed by atoms with Gasteiger partial charge in [-0.15, -0.1) is 0 Å². The molecular formula is C22H25N3O. The topological polar surface area (TPSA) is 54.9 Å². The van der Waals surface area contributed by atoms with E-state index in [-0.39, 0.29) is 17.4 Å². The fraction of sp³-hybridized carbons (Fsp3) is 0.318. The zero-order chi connectivity index (χ0) is 18.9. The molecule has 0 saturated carbocycles. The standard InChI is InChI=1S/C22H25N3O/c1-14-6-7-17(13-23-14)15(2)24-21(26)20-10-8-16-12-18(22(3,4)5)9-11-19(16)25-20/h6-13,15H,1-5H3,(H,24,26)/t15-/m1/s1. The Morgan fingerprint density at radius 3 is 2.50 bits per heavy atom. The molecule has 4 nitrogen and oxygen atoms in total. The second kappa shape index (κ2) is 6.87. The van der Waals surface area contributed by atoms with Crippen molar-refractivity contribution in [1.82, 2.24) is 15.3 Å². The Hall–Kier alpha value is -2.75. The van der Waals surface area contributed by atoms with E-state index < -0.39 is 0 Å². The summed E-state index contributed by atoms with van der Waals surface area (Å²) in [5.74, 6) is -0.181. The number of aromatic nitrogens is 2. The van der Waals surface area contributed by atoms with Gasteiger partial charge in [0.15, 0.2) is 0 Å². The Morgan fingerprint density at radius 2 is 1.85 bits per heavy atom. The number of hydrogen-bond donors (Lipinski definition) is 1. The highest BCUT2D eigenvalue weighted by molar-refractivity contribution is 5.95. The average molecular weight is 347 g/mol. The molecule has 26 heavy (non-hydrogen) atoms. The van der Waals surface area contributed by atoms with Gasteiger partial charge in [-0.2, -0.15) is 0 Å². The number of pyridine rings is 2. The number of amides is 1. The zero-order valence-electron chi connectivity index (χ0n) is 16.0. The minimum absolute atomic E-state index is 0.0851. The van der Waals surface area contributed by atoms with Gasteiger partial charge in [-0.1, -0.05) is 39.0 Å². The molecule has 134 valence electrons. The van der Waals surface area contributed by atoms with Crippen LogP contribution in [0.3, 0.4) is 0 Å². The SMILES string of the molecule is Cc1ccc([C@@H](C)NC(=O)c2ccc3cc(C(C)(C)C)ccc3n2)cn1. The fourth-order valence-electron chi connectivity index (χ4n) is 2.81. The fourth-order valence-corrected chi connectivity index (χ4v) is 2.81. The molecule has 0 saturated heterocycles. The monoisotopic (exact) mass is 347 g/mol. The molecular weight excluding hydrogens is 322 g/mol. The van der Waals surface area contributed by atoms with Crippen LogP contribution < -0.4 is 5.32 Å². The lowest BCUT2D eigenvalue weighted by Crippen LogP contribution is -2.27. The first-order valence-electron chi connectivity index (χ1n) is 8.89. The van der Waals surface area contributed by atoms with E-state index in [1.807, 2.05) is 38.1 Å². The number of carbonyl (C=O) groups excluding carboxylic acids is 1. The molecule has 1 N–H and O–H groups in total. The van der Waals surface area contributed by atoms with Crippen LogP contribution in [0.15, 0.2) is 48.7 Å². The normalized spacial score (nSPS) is 12.8. The van der Waals surface area contributed by atoms with E-state index in [1.54, 1.807) is 12.3 Å². The summed E-state index contributed by atoms with van der Waals surface area (Å²) in [6.07, 6.45) is 1.79. The van der Waals surface area contributed by atoms with Crippen LogP contribution in [0.5, 0.6) is 0 Å². The summed E-state index contributed by atoms with van der Waals surface area (Å²) in [4.78, 5) is 21.4. The van der Waals surface area contributed by atoms with Gasteiger partial charge in [0.05, 0.1) is 11.6 Å². The number of nitrogens with one attached hydrogen (secondary N) is 1. The van der Waals surface area contributed by atoms with Crippen LogP contribution >= 0.6 is 0 Å². The molecule has 0 unspecified atom stereocenters. The third-order valence-corrected chi connectivity index (χ3v) is 4.57. The molecule has 0 aliphatic carbocycles. The third kappa shape index (κ3) is 3.90. The molecule has 0 aliphatic rings. The van der Waals surface area contributed by atoms with Gasteiger partial charge in [0.1, 0.15) is 5.69 Å². The molecule has 0 fully saturated rings. The highest BCUT2D eigenvalue weighted by atomic mass is 16.1. The number of nitrogens with zero attached hydrogens (tertiary/aromatic N) is 2. The summed E-state index contributed by atoms with van der Waals surface area (Å²) < 4.78 is 0. The minimum Gasteiger partial charge on any atom is -0.344 e. The van der Waals surface area contributed by atoms with Crippen molar-refractivity contribution in [3.05, 3.63) is 71.2 Å². The summed E-state index contributed by atoms with van der Waals surface area (Å²) >= 11 is 0. The Labute approximate surface area is 154 Å². The highest BCUT2D eigenvalue weighted by Crippen LogP contribution is 2.25. The van der Waals surface area contributed by atoms with Crippen LogP contribution in [-0.2, 0) is 5.41 Å². The molecule has 4 heteroatoms. The van der Waals surface area contributed by atoms with Crippen molar-refractivity contribution in [2.75, 3.05) is 0 Å². The number of fused-ring (bicyclic) bond motifs is 1. The summed E-state index contributed by atoms with van der Waals surface area (Å²) in [7, 11) is 0. The van der Waals surface area contributed by atoms with E-state index in [9.17, 15) is 4.79 Å². The number of carbonyl (C=O) groups is 1. The molecule has 0 radical (unpaired) electrons. The second-order valence-corrected chi connectivity index (χ2v) is 7.78. The maximum Gasteiger partial charge on any atom is 0.270 e. The van der Waals surface area contributed by atoms with E-state index in [2.05, 4.69) is 48.2 Å². The van der Waals surface area contributed by atoms with Crippen LogP contribution in [0, 0.1) is 6.92 Å². The van der Waals surface area contributed by atoms with E-state index in [1.165, 1.54) is 5.56 Å². The van der Waals surface area contributed by atoms with Crippen molar-refractivity contribution < 1.29 is 4.79 Å². The second-order valence-electron chi connectivity index (χ2n) is 7.78. The van der Waals surface area contributed by atoms with E-state index in [4.69, 9.17) is 0 Å². The van der Waals surface area contributed by atoms with Crippen molar-refractivity contribution in [2.45, 2.75) is 46.1 Å². The predicted octanol–water partition coefficient (Wildman–Crippen LogP) is 4.73. The molecule has 0 aliphatic heterocycles. The number of rotatable bonds is 3. The van der Waals surface area contributed by atoms with Gasteiger partial charge in [-0.25, -0.2) is 4.98 Å². The van der Waals surface area contributed by atoms with E-state index in [0.717, 1.165) is 22.2 Å². The van der Waals surface area contributed by atoms with Crippen LogP contribution in [0.25, 0.3) is 10.9 Å². The van der Waals surface area contributed by atoms with Gasteiger partial charge >= 0.3 is 0 Å². The van der Waals surface area contributed by atoms with Gasteiger partial charge < -0.3 is 5.32 Å². The number of hydrogen-bond acceptors (Lipinski definition) is 3. The molecule has 3 rings (SSSR count). The lowest BCUT2D eigenvalue weighted by molar-refractivity contribution is 0.0935. The lowest BCUT2D eigenvalue weighted by Gasteiger charge is -2.19. The van der Waals surface area contributed by atoms with Crippen LogP contribution in [0.4, 0.5) is 0 Å². The van der Waals surface area contributed by atoms with Crippen molar-refractivity contribution in [3.63, 3.8) is 0 Å². The first-order chi connectivity index (χ1) is 12.2. The average Bonchev–Trinajstić information content (AvgIpc) is 2.60. The first kappa shape index (κ1) is 18.1. The van der Waals surface area contributed by atoms with E-state index >= 15 is 0 Å². The highest BCUT2D eigenvalue weighted by Gasteiger charge is 2.16. The summed E-state index contributed by atoms with van der Waals surface area (Å²) in [5, 5.41) is 4.04. The zero-order valence-corrected chi connectivity index (χ0v) is 16.0. The van der Waals surface area contributed by atoms with E-state index in [0.29, 0.717) is 5.69 Å². The van der Waals surface area contributed by atoms with Crippen LogP contribution in [0.2, 0.25) is 0 Å². The molecule has 3 aromatic rings. The molecule has 0 spiro atoms. The Morgan fingerprint density at radius 1 is 1.08 bits per heavy atom. The molecule has 2 aromatic heterocycles. The first-order valence-corrected chi connectivity index (χ1v) is 8.89. The predicted molar refractivity (Wildman–Crippen MR) is 105 cm³/mol. The van der Waals surface area contributed by atoms with Crippen LogP contribution in [-0.4, -0.2) is 15.9 Å². The molecule has 0 bridgehead atoms. The number of benzene rings is 1. The van der Waals surface area contributed by atoms with Gasteiger partial charge in [-0.3, -0.25) is 9.78 Å². The van der Waals surface area contributed by atoms with Crippen LogP contribution in [0.1, 0.15) is 61.0 Å². The number of aryl methyl sites for hydroxylation is 1. The van der Waals surface area contributed by atoms with Gasteiger partial charge in [-0.05, 0) is 54.7 Å². The third-order valence-electron chi connectivity index (χ3n) is 4.57. The smallest absolute Gasteiger partial charge is 0.270 e. The van der Waals surface area contributed by atoms with Crippen molar-refractivity contribution in [2.24, 2.45) is 0 Å². The maximum atomic E-state index is 12.6. The molecule has 2 heterocycles. The Balaban J connectivity index is 1.81. The molecule has 1 amide bonds. The van der Waals surface area contributed by atoms with Crippen molar-refractivity contribution in [1.29, 1.82) is 0 Å². The minimum atomic E-state index is -0.181. The van der Waals surface area contributed by atoms with Gasteiger partial charge in [0.2, 0.25) is 0 Å². The van der Waals surface area contributed by atoms with Crippen molar-refractivity contribution in [3.8, 4) is 0 Å². The lowest BCUT2D eigenvalue weighted by atomic mass is 9.86. The Bertz CT molecular complexity index is 940. The molecule has 1 aromatic carbocycles. The van der Waals surface area contributed by atoms with Gasteiger partial charge in [0.25, 0.3) is 5.91 Å². The summed E-state index contributed by atoms with van der Waals surface area (Å²) in [5.41, 5.74) is 4.52. The summed E-state index contributed by atoms with van der Waals surface area (Å²) in [6, 6.07) is 13.8. The Kier molecular flexibility index (Phi) is 4.77. The molecule has 1 atom stereocenters. The van der Waals surface area contributed by atoms with Crippen molar-refractivity contribution >= 4 is 16.8 Å². The van der Waals surface area contributed by atoms with Gasteiger partial charge in [0, 0.05) is 17.3 Å². The quantitative estimate of drug-likeness (QED) is 0.745. The largest absolute Gasteiger partial charge is 0.344 e.